The number of ketones is 1. The second-order valence-electron chi connectivity index (χ2n) is 5.49. The molecule has 0 aliphatic rings. The quantitative estimate of drug-likeness (QED) is 0.780. The predicted molar refractivity (Wildman–Crippen MR) is 76.9 cm³/mol. The number of rotatable bonds is 6. The molecule has 0 amide bonds. The molecule has 1 aromatic carbocycles. The minimum atomic E-state index is 0.0881. The van der Waals surface area contributed by atoms with Crippen molar-refractivity contribution in [3.8, 4) is 0 Å². The molecule has 0 heterocycles. The van der Waals surface area contributed by atoms with E-state index in [0.29, 0.717) is 0 Å². The third-order valence-corrected chi connectivity index (χ3v) is 3.39. The van der Waals surface area contributed by atoms with Crippen molar-refractivity contribution >= 4 is 5.78 Å². The summed E-state index contributed by atoms with van der Waals surface area (Å²) in [5.41, 5.74) is 8.88. The van der Waals surface area contributed by atoms with E-state index in [1.54, 1.807) is 0 Å². The Morgan fingerprint density at radius 3 is 2.44 bits per heavy atom. The highest BCUT2D eigenvalue weighted by Crippen LogP contribution is 2.19. The van der Waals surface area contributed by atoms with Crippen molar-refractivity contribution in [2.75, 3.05) is 0 Å². The van der Waals surface area contributed by atoms with Crippen molar-refractivity contribution in [2.24, 2.45) is 11.7 Å². The molecule has 2 nitrogen and oxygen atoms in total. The van der Waals surface area contributed by atoms with Gasteiger partial charge in [-0.1, -0.05) is 37.1 Å². The Morgan fingerprint density at radius 2 is 1.89 bits per heavy atom. The van der Waals surface area contributed by atoms with E-state index in [1.807, 2.05) is 39.8 Å². The van der Waals surface area contributed by atoms with E-state index in [9.17, 15) is 4.79 Å². The monoisotopic (exact) mass is 247 g/mol. The minimum absolute atomic E-state index is 0.0881. The lowest BCUT2D eigenvalue weighted by atomic mass is 9.91. The van der Waals surface area contributed by atoms with Crippen LogP contribution in [0.5, 0.6) is 0 Å². The summed E-state index contributed by atoms with van der Waals surface area (Å²) in [7, 11) is 0. The number of benzene rings is 1. The van der Waals surface area contributed by atoms with Crippen LogP contribution in [0.4, 0.5) is 0 Å². The Balaban J connectivity index is 2.63. The molecule has 1 rings (SSSR count). The van der Waals surface area contributed by atoms with Gasteiger partial charge in [-0.2, -0.15) is 0 Å². The predicted octanol–water partition coefficient (Wildman–Crippen LogP) is 3.64. The Labute approximate surface area is 111 Å². The minimum Gasteiger partial charge on any atom is -0.328 e. The Hall–Kier alpha value is -1.15. The standard InChI is InChI=1S/C16H25NO/c1-11-8-9-15(13(3)10-11)16(18)12(2)6-5-7-14(4)17/h8-10,12,14H,5-7,17H2,1-4H3. The van der Waals surface area contributed by atoms with E-state index in [1.165, 1.54) is 5.56 Å². The first-order valence-corrected chi connectivity index (χ1v) is 6.79. The zero-order chi connectivity index (χ0) is 13.7. The fourth-order valence-electron chi connectivity index (χ4n) is 2.23. The number of carbonyl (C=O) groups excluding carboxylic acids is 1. The molecule has 2 unspecified atom stereocenters. The van der Waals surface area contributed by atoms with Crippen LogP contribution in [0.25, 0.3) is 0 Å². The van der Waals surface area contributed by atoms with Crippen LogP contribution in [-0.2, 0) is 0 Å². The van der Waals surface area contributed by atoms with Crippen LogP contribution in [0.1, 0.15) is 54.6 Å². The molecule has 18 heavy (non-hydrogen) atoms. The summed E-state index contributed by atoms with van der Waals surface area (Å²) in [6.07, 6.45) is 2.94. The van der Waals surface area contributed by atoms with E-state index in [2.05, 4.69) is 6.07 Å². The fourth-order valence-corrected chi connectivity index (χ4v) is 2.23. The first-order chi connectivity index (χ1) is 8.41. The second-order valence-corrected chi connectivity index (χ2v) is 5.49. The average molecular weight is 247 g/mol. The van der Waals surface area contributed by atoms with E-state index >= 15 is 0 Å². The van der Waals surface area contributed by atoms with Crippen LogP contribution in [0.15, 0.2) is 18.2 Å². The van der Waals surface area contributed by atoms with Gasteiger partial charge in [-0.05, 0) is 39.2 Å². The number of hydrogen-bond donors (Lipinski definition) is 1. The van der Waals surface area contributed by atoms with Crippen molar-refractivity contribution in [2.45, 2.75) is 53.0 Å². The largest absolute Gasteiger partial charge is 0.328 e. The van der Waals surface area contributed by atoms with Crippen molar-refractivity contribution in [3.63, 3.8) is 0 Å². The normalized spacial score (nSPS) is 14.3. The molecule has 0 fully saturated rings. The lowest BCUT2D eigenvalue weighted by Crippen LogP contribution is -2.17. The summed E-state index contributed by atoms with van der Waals surface area (Å²) < 4.78 is 0. The summed E-state index contributed by atoms with van der Waals surface area (Å²) in [5, 5.41) is 0. The zero-order valence-electron chi connectivity index (χ0n) is 12.0. The topological polar surface area (TPSA) is 43.1 Å². The van der Waals surface area contributed by atoms with Crippen molar-refractivity contribution in [1.82, 2.24) is 0 Å². The van der Waals surface area contributed by atoms with Gasteiger partial charge in [0.05, 0.1) is 0 Å². The van der Waals surface area contributed by atoms with E-state index in [0.717, 1.165) is 30.4 Å². The van der Waals surface area contributed by atoms with Gasteiger partial charge in [-0.25, -0.2) is 0 Å². The molecule has 2 N–H and O–H groups in total. The maximum atomic E-state index is 12.3. The molecule has 0 bridgehead atoms. The molecule has 100 valence electrons. The molecule has 0 radical (unpaired) electrons. The lowest BCUT2D eigenvalue weighted by Gasteiger charge is -2.13. The number of aryl methyl sites for hydroxylation is 2. The van der Waals surface area contributed by atoms with Gasteiger partial charge in [0.1, 0.15) is 0 Å². The van der Waals surface area contributed by atoms with Crippen LogP contribution in [0.3, 0.4) is 0 Å². The van der Waals surface area contributed by atoms with Gasteiger partial charge in [0.25, 0.3) is 0 Å². The fraction of sp³-hybridized carbons (Fsp3) is 0.562. The molecule has 0 aliphatic heterocycles. The summed E-state index contributed by atoms with van der Waals surface area (Å²) in [6.45, 7) is 8.08. The molecular weight excluding hydrogens is 222 g/mol. The van der Waals surface area contributed by atoms with Gasteiger partial charge in [0.15, 0.2) is 5.78 Å². The summed E-state index contributed by atoms with van der Waals surface area (Å²) in [4.78, 5) is 12.3. The molecule has 0 aliphatic carbocycles. The molecule has 2 heteroatoms. The molecule has 0 aromatic heterocycles. The van der Waals surface area contributed by atoms with Crippen LogP contribution >= 0.6 is 0 Å². The zero-order valence-corrected chi connectivity index (χ0v) is 12.0. The van der Waals surface area contributed by atoms with Gasteiger partial charge in [-0.15, -0.1) is 0 Å². The van der Waals surface area contributed by atoms with Crippen LogP contribution in [-0.4, -0.2) is 11.8 Å². The first kappa shape index (κ1) is 14.9. The van der Waals surface area contributed by atoms with Gasteiger partial charge < -0.3 is 5.73 Å². The maximum Gasteiger partial charge on any atom is 0.165 e. The average Bonchev–Trinajstić information content (AvgIpc) is 2.27. The van der Waals surface area contributed by atoms with E-state index in [-0.39, 0.29) is 17.7 Å². The van der Waals surface area contributed by atoms with E-state index in [4.69, 9.17) is 5.73 Å². The van der Waals surface area contributed by atoms with E-state index < -0.39 is 0 Å². The number of carbonyl (C=O) groups is 1. The van der Waals surface area contributed by atoms with Crippen LogP contribution in [0.2, 0.25) is 0 Å². The Morgan fingerprint density at radius 1 is 1.22 bits per heavy atom. The van der Waals surface area contributed by atoms with Gasteiger partial charge >= 0.3 is 0 Å². The third-order valence-electron chi connectivity index (χ3n) is 3.39. The van der Waals surface area contributed by atoms with Gasteiger partial charge in [0, 0.05) is 17.5 Å². The Kier molecular flexibility index (Phi) is 5.54. The van der Waals surface area contributed by atoms with Crippen molar-refractivity contribution in [3.05, 3.63) is 34.9 Å². The van der Waals surface area contributed by atoms with Crippen LogP contribution in [0, 0.1) is 19.8 Å². The Bertz CT molecular complexity index is 410. The summed E-state index contributed by atoms with van der Waals surface area (Å²) >= 11 is 0. The number of nitrogens with two attached hydrogens (primary N) is 1. The van der Waals surface area contributed by atoms with Crippen molar-refractivity contribution < 1.29 is 4.79 Å². The number of Topliss-reactive ketones (excluding diaryl/α,β-unsaturated/α-hetero) is 1. The number of hydrogen-bond acceptors (Lipinski definition) is 2. The maximum absolute atomic E-state index is 12.3. The molecule has 0 spiro atoms. The highest BCUT2D eigenvalue weighted by Gasteiger charge is 2.16. The summed E-state index contributed by atoms with van der Waals surface area (Å²) in [5.74, 6) is 0.349. The highest BCUT2D eigenvalue weighted by atomic mass is 16.1. The summed E-state index contributed by atoms with van der Waals surface area (Å²) in [6, 6.07) is 6.26. The lowest BCUT2D eigenvalue weighted by molar-refractivity contribution is 0.0921. The third kappa shape index (κ3) is 4.26. The van der Waals surface area contributed by atoms with Gasteiger partial charge in [0.2, 0.25) is 0 Å². The SMILES string of the molecule is Cc1ccc(C(=O)C(C)CCCC(C)N)c(C)c1. The molecular formula is C16H25NO. The molecule has 0 saturated carbocycles. The molecule has 1 aromatic rings. The smallest absolute Gasteiger partial charge is 0.165 e. The van der Waals surface area contributed by atoms with Crippen LogP contribution < -0.4 is 5.73 Å². The van der Waals surface area contributed by atoms with Crippen molar-refractivity contribution in [1.29, 1.82) is 0 Å². The molecule has 2 atom stereocenters. The molecule has 0 saturated heterocycles. The second kappa shape index (κ2) is 6.69. The van der Waals surface area contributed by atoms with Gasteiger partial charge in [-0.3, -0.25) is 4.79 Å². The highest BCUT2D eigenvalue weighted by molar-refractivity contribution is 5.98. The first-order valence-electron chi connectivity index (χ1n) is 6.79.